The van der Waals surface area contributed by atoms with E-state index in [0.717, 1.165) is 11.0 Å². The molecule has 0 amide bonds. The van der Waals surface area contributed by atoms with Crippen molar-refractivity contribution in [1.29, 1.82) is 0 Å². The molecule has 84 valence electrons. The first-order valence-electron chi connectivity index (χ1n) is 4.71. The highest BCUT2D eigenvalue weighted by atomic mass is 32.2. The van der Waals surface area contributed by atoms with Gasteiger partial charge in [-0.1, -0.05) is 11.8 Å². The van der Waals surface area contributed by atoms with Gasteiger partial charge in [-0.25, -0.2) is 4.98 Å². The lowest BCUT2D eigenvalue weighted by atomic mass is 10.3. The van der Waals surface area contributed by atoms with Crippen molar-refractivity contribution in [1.82, 2.24) is 9.97 Å². The SMILES string of the molecule is CC(Sc1nc2ccc(N)cc2[nH]1)C(=O)O. The Balaban J connectivity index is 2.29. The third-order valence-corrected chi connectivity index (χ3v) is 3.09. The van der Waals surface area contributed by atoms with E-state index in [2.05, 4.69) is 9.97 Å². The van der Waals surface area contributed by atoms with Gasteiger partial charge in [0, 0.05) is 5.69 Å². The fraction of sp³-hybridized carbons (Fsp3) is 0.200. The van der Waals surface area contributed by atoms with Crippen LogP contribution in [0.25, 0.3) is 11.0 Å². The standard InChI is InChI=1S/C10H11N3O2S/c1-5(9(14)15)16-10-12-7-3-2-6(11)4-8(7)13-10/h2-5H,11H2,1H3,(H,12,13)(H,14,15). The molecule has 1 atom stereocenters. The number of carbonyl (C=O) groups is 1. The van der Waals surface area contributed by atoms with E-state index in [9.17, 15) is 4.79 Å². The number of H-pyrrole nitrogens is 1. The molecule has 0 fully saturated rings. The van der Waals surface area contributed by atoms with Crippen LogP contribution in [0.5, 0.6) is 0 Å². The molecule has 1 unspecified atom stereocenters. The molecule has 1 aromatic carbocycles. The summed E-state index contributed by atoms with van der Waals surface area (Å²) in [5.41, 5.74) is 7.89. The van der Waals surface area contributed by atoms with Gasteiger partial charge >= 0.3 is 5.97 Å². The van der Waals surface area contributed by atoms with E-state index < -0.39 is 11.2 Å². The maximum absolute atomic E-state index is 10.7. The Labute approximate surface area is 96.1 Å². The molecular weight excluding hydrogens is 226 g/mol. The molecule has 5 nitrogen and oxygen atoms in total. The Morgan fingerprint density at radius 2 is 2.38 bits per heavy atom. The molecule has 0 spiro atoms. The molecule has 0 saturated carbocycles. The lowest BCUT2D eigenvalue weighted by molar-refractivity contribution is -0.136. The predicted octanol–water partition coefficient (Wildman–Crippen LogP) is 1.71. The molecule has 0 bridgehead atoms. The van der Waals surface area contributed by atoms with Crippen molar-refractivity contribution in [3.63, 3.8) is 0 Å². The number of benzene rings is 1. The number of anilines is 1. The normalized spacial score (nSPS) is 12.8. The molecule has 0 aliphatic heterocycles. The van der Waals surface area contributed by atoms with Crippen molar-refractivity contribution in [3.8, 4) is 0 Å². The third-order valence-electron chi connectivity index (χ3n) is 2.12. The van der Waals surface area contributed by atoms with Gasteiger partial charge in [0.05, 0.1) is 11.0 Å². The number of hydrogen-bond acceptors (Lipinski definition) is 4. The minimum absolute atomic E-state index is 0.530. The number of hydrogen-bond donors (Lipinski definition) is 3. The minimum atomic E-state index is -0.857. The lowest BCUT2D eigenvalue weighted by Crippen LogP contribution is -2.11. The fourth-order valence-corrected chi connectivity index (χ4v) is 2.03. The van der Waals surface area contributed by atoms with Gasteiger partial charge in [-0.3, -0.25) is 4.79 Å². The molecule has 0 radical (unpaired) electrons. The number of carboxylic acid groups (broad SMARTS) is 1. The topological polar surface area (TPSA) is 92.0 Å². The Bertz CT molecular complexity index is 538. The maximum Gasteiger partial charge on any atom is 0.316 e. The third kappa shape index (κ3) is 2.11. The molecule has 2 aromatic rings. The highest BCUT2D eigenvalue weighted by molar-refractivity contribution is 8.00. The van der Waals surface area contributed by atoms with E-state index in [-0.39, 0.29) is 0 Å². The molecule has 0 aliphatic rings. The summed E-state index contributed by atoms with van der Waals surface area (Å²) in [6, 6.07) is 5.34. The van der Waals surface area contributed by atoms with Gasteiger partial charge in [0.15, 0.2) is 5.16 Å². The number of nitrogens with one attached hydrogen (secondary N) is 1. The van der Waals surface area contributed by atoms with Crippen LogP contribution in [0.15, 0.2) is 23.4 Å². The van der Waals surface area contributed by atoms with Gasteiger partial charge in [-0.05, 0) is 25.1 Å². The average Bonchev–Trinajstić information content (AvgIpc) is 2.58. The average molecular weight is 237 g/mol. The second-order valence-corrected chi connectivity index (χ2v) is 4.75. The van der Waals surface area contributed by atoms with Gasteiger partial charge in [0.1, 0.15) is 5.25 Å². The van der Waals surface area contributed by atoms with E-state index in [4.69, 9.17) is 10.8 Å². The second-order valence-electron chi connectivity index (χ2n) is 3.42. The summed E-state index contributed by atoms with van der Waals surface area (Å²) in [5, 5.41) is 8.84. The highest BCUT2D eigenvalue weighted by Gasteiger charge is 2.14. The zero-order chi connectivity index (χ0) is 11.7. The van der Waals surface area contributed by atoms with Crippen molar-refractivity contribution >= 4 is 34.5 Å². The number of carboxylic acids is 1. The van der Waals surface area contributed by atoms with E-state index >= 15 is 0 Å². The largest absolute Gasteiger partial charge is 0.480 e. The highest BCUT2D eigenvalue weighted by Crippen LogP contribution is 2.24. The first-order valence-corrected chi connectivity index (χ1v) is 5.59. The van der Waals surface area contributed by atoms with Crippen LogP contribution in [0, 0.1) is 0 Å². The monoisotopic (exact) mass is 237 g/mol. The number of fused-ring (bicyclic) bond motifs is 1. The summed E-state index contributed by atoms with van der Waals surface area (Å²) < 4.78 is 0. The van der Waals surface area contributed by atoms with Crippen LogP contribution in [-0.2, 0) is 4.79 Å². The summed E-state index contributed by atoms with van der Waals surface area (Å²) in [6.07, 6.45) is 0. The van der Waals surface area contributed by atoms with Crippen LogP contribution >= 0.6 is 11.8 Å². The summed E-state index contributed by atoms with van der Waals surface area (Å²) in [6.45, 7) is 1.62. The summed E-state index contributed by atoms with van der Waals surface area (Å²) in [4.78, 5) is 18.0. The van der Waals surface area contributed by atoms with Gasteiger partial charge in [-0.2, -0.15) is 0 Å². The minimum Gasteiger partial charge on any atom is -0.480 e. The first-order chi connectivity index (χ1) is 7.56. The Morgan fingerprint density at radius 1 is 1.62 bits per heavy atom. The van der Waals surface area contributed by atoms with Gasteiger partial charge in [-0.15, -0.1) is 0 Å². The number of rotatable bonds is 3. The van der Waals surface area contributed by atoms with Gasteiger partial charge < -0.3 is 15.8 Å². The smallest absolute Gasteiger partial charge is 0.316 e. The first kappa shape index (κ1) is 10.8. The number of nitrogens with zero attached hydrogens (tertiary/aromatic N) is 1. The van der Waals surface area contributed by atoms with Gasteiger partial charge in [0.25, 0.3) is 0 Å². The van der Waals surface area contributed by atoms with Crippen LogP contribution in [-0.4, -0.2) is 26.3 Å². The van der Waals surface area contributed by atoms with E-state index in [1.54, 1.807) is 25.1 Å². The van der Waals surface area contributed by atoms with Crippen molar-refractivity contribution in [3.05, 3.63) is 18.2 Å². The van der Waals surface area contributed by atoms with Crippen molar-refractivity contribution in [2.45, 2.75) is 17.3 Å². The van der Waals surface area contributed by atoms with Crippen LogP contribution in [0.3, 0.4) is 0 Å². The summed E-state index contributed by atoms with van der Waals surface area (Å²) in [7, 11) is 0. The second kappa shape index (κ2) is 4.05. The van der Waals surface area contributed by atoms with Crippen LogP contribution < -0.4 is 5.73 Å². The maximum atomic E-state index is 10.7. The molecule has 2 rings (SSSR count). The zero-order valence-corrected chi connectivity index (χ0v) is 9.41. The number of aromatic nitrogens is 2. The molecule has 4 N–H and O–H groups in total. The Kier molecular flexibility index (Phi) is 2.74. The molecule has 16 heavy (non-hydrogen) atoms. The van der Waals surface area contributed by atoms with Crippen LogP contribution in [0.1, 0.15) is 6.92 Å². The Morgan fingerprint density at radius 3 is 3.06 bits per heavy atom. The number of aliphatic carboxylic acids is 1. The van der Waals surface area contributed by atoms with Crippen molar-refractivity contribution in [2.75, 3.05) is 5.73 Å². The zero-order valence-electron chi connectivity index (χ0n) is 8.60. The van der Waals surface area contributed by atoms with E-state index in [0.29, 0.717) is 10.8 Å². The van der Waals surface area contributed by atoms with E-state index in [1.807, 2.05) is 0 Å². The molecular formula is C10H11N3O2S. The fourth-order valence-electron chi connectivity index (χ4n) is 1.28. The quantitative estimate of drug-likeness (QED) is 0.558. The Hall–Kier alpha value is -1.69. The van der Waals surface area contributed by atoms with Crippen molar-refractivity contribution < 1.29 is 9.90 Å². The number of nitrogens with two attached hydrogens (primary N) is 1. The van der Waals surface area contributed by atoms with Crippen LogP contribution in [0.4, 0.5) is 5.69 Å². The van der Waals surface area contributed by atoms with E-state index in [1.165, 1.54) is 11.8 Å². The number of thioether (sulfide) groups is 1. The summed E-state index contributed by atoms with van der Waals surface area (Å²) in [5.74, 6) is -0.857. The van der Waals surface area contributed by atoms with Gasteiger partial charge in [0.2, 0.25) is 0 Å². The predicted molar refractivity (Wildman–Crippen MR) is 63.5 cm³/mol. The lowest BCUT2D eigenvalue weighted by Gasteiger charge is -2.00. The van der Waals surface area contributed by atoms with Crippen LogP contribution in [0.2, 0.25) is 0 Å². The molecule has 1 aromatic heterocycles. The molecule has 6 heteroatoms. The summed E-state index contributed by atoms with van der Waals surface area (Å²) >= 11 is 1.18. The number of nitrogen functional groups attached to an aromatic ring is 1. The molecule has 1 heterocycles. The molecule has 0 aliphatic carbocycles. The number of aromatic amines is 1. The van der Waals surface area contributed by atoms with Crippen molar-refractivity contribution in [2.24, 2.45) is 0 Å². The number of imidazole rings is 1. The molecule has 0 saturated heterocycles.